The molecule has 2 amide bonds. The normalized spacial score (nSPS) is 18.1. The summed E-state index contributed by atoms with van der Waals surface area (Å²) in [5.74, 6) is -1.08. The van der Waals surface area contributed by atoms with Crippen LogP contribution in [0.1, 0.15) is 17.5 Å². The maximum Gasteiger partial charge on any atom is 0.228 e. The van der Waals surface area contributed by atoms with Crippen molar-refractivity contribution >= 4 is 39.1 Å². The third kappa shape index (κ3) is 3.89. The second kappa shape index (κ2) is 7.08. The van der Waals surface area contributed by atoms with Crippen molar-refractivity contribution < 1.29 is 9.59 Å². The molecule has 25 heavy (non-hydrogen) atoms. The summed E-state index contributed by atoms with van der Waals surface area (Å²) in [6.07, 6.45) is 0.516. The lowest BCUT2D eigenvalue weighted by Gasteiger charge is -2.08. The minimum Gasteiger partial charge on any atom is -0.326 e. The Bertz CT molecular complexity index is 888. The van der Waals surface area contributed by atoms with E-state index in [1.54, 1.807) is 24.3 Å². The molecule has 2 unspecified atom stereocenters. The number of benzene rings is 2. The van der Waals surface area contributed by atoms with Gasteiger partial charge in [-0.3, -0.25) is 9.59 Å². The lowest BCUT2D eigenvalue weighted by atomic mass is 10.2. The highest BCUT2D eigenvalue weighted by Gasteiger charge is 2.48. The summed E-state index contributed by atoms with van der Waals surface area (Å²) in [6, 6.07) is 14.4. The van der Waals surface area contributed by atoms with Crippen molar-refractivity contribution in [1.82, 2.24) is 0 Å². The minimum absolute atomic E-state index is 0.157. The summed E-state index contributed by atoms with van der Waals surface area (Å²) in [4.78, 5) is 24.6. The van der Waals surface area contributed by atoms with Crippen LogP contribution in [-0.4, -0.2) is 11.8 Å². The van der Waals surface area contributed by atoms with Crippen LogP contribution in [0.4, 0.5) is 11.4 Å². The molecule has 0 aliphatic heterocycles. The highest BCUT2D eigenvalue weighted by molar-refractivity contribution is 9.10. The van der Waals surface area contributed by atoms with Gasteiger partial charge in [0.2, 0.25) is 11.8 Å². The number of rotatable bonds is 4. The lowest BCUT2D eigenvalue weighted by molar-refractivity contribution is -0.122. The quantitative estimate of drug-likeness (QED) is 0.821. The van der Waals surface area contributed by atoms with E-state index in [-0.39, 0.29) is 23.7 Å². The molecule has 126 valence electrons. The first-order valence-electron chi connectivity index (χ1n) is 7.86. The van der Waals surface area contributed by atoms with Crippen LogP contribution in [0.15, 0.2) is 46.9 Å². The molecule has 1 aliphatic carbocycles. The second-order valence-corrected chi connectivity index (χ2v) is 6.90. The van der Waals surface area contributed by atoms with Gasteiger partial charge in [-0.15, -0.1) is 0 Å². The fraction of sp³-hybridized carbons (Fsp3) is 0.211. The topological polar surface area (TPSA) is 82.0 Å². The molecule has 0 aromatic heterocycles. The largest absolute Gasteiger partial charge is 0.326 e. The van der Waals surface area contributed by atoms with Crippen LogP contribution >= 0.6 is 15.9 Å². The molecule has 2 aromatic rings. The average molecular weight is 398 g/mol. The first kappa shape index (κ1) is 17.2. The molecule has 0 saturated heterocycles. The highest BCUT2D eigenvalue weighted by Crippen LogP contribution is 2.40. The summed E-state index contributed by atoms with van der Waals surface area (Å²) in [5, 5.41) is 14.7. The standard InChI is InChI=1S/C19H16BrN3O2/c1-11-8-13(6-7-16(11)20)22-18(24)14-9-15(14)19(25)23-17-5-3-2-4-12(17)10-21/h2-8,14-15H,9H2,1H3,(H,22,24)(H,23,25). The number of anilines is 2. The first-order chi connectivity index (χ1) is 12.0. The Kier molecular flexibility index (Phi) is 4.86. The molecule has 0 bridgehead atoms. The molecule has 2 atom stereocenters. The number of halogens is 1. The zero-order valence-corrected chi connectivity index (χ0v) is 15.1. The number of carbonyl (C=O) groups is 2. The second-order valence-electron chi connectivity index (χ2n) is 6.05. The molecule has 2 N–H and O–H groups in total. The predicted molar refractivity (Wildman–Crippen MR) is 98.9 cm³/mol. The Balaban J connectivity index is 1.60. The van der Waals surface area contributed by atoms with Gasteiger partial charge in [0.15, 0.2) is 0 Å². The number of amides is 2. The number of carbonyl (C=O) groups excluding carboxylic acids is 2. The van der Waals surface area contributed by atoms with E-state index in [0.29, 0.717) is 23.4 Å². The Hall–Kier alpha value is -2.65. The number of aryl methyl sites for hydroxylation is 1. The van der Waals surface area contributed by atoms with E-state index >= 15 is 0 Å². The van der Waals surface area contributed by atoms with Gasteiger partial charge in [-0.2, -0.15) is 5.26 Å². The molecule has 0 spiro atoms. The third-order valence-electron chi connectivity index (χ3n) is 4.19. The van der Waals surface area contributed by atoms with Crippen LogP contribution in [-0.2, 0) is 9.59 Å². The number of nitrogens with zero attached hydrogens (tertiary/aromatic N) is 1. The summed E-state index contributed by atoms with van der Waals surface area (Å²) < 4.78 is 0.977. The summed E-state index contributed by atoms with van der Waals surface area (Å²) in [6.45, 7) is 1.94. The Morgan fingerprint density at radius 3 is 2.48 bits per heavy atom. The number of nitrogens with one attached hydrogen (secondary N) is 2. The van der Waals surface area contributed by atoms with Crippen LogP contribution in [0, 0.1) is 30.1 Å². The molecule has 1 aliphatic rings. The molecule has 3 rings (SSSR count). The molecular weight excluding hydrogens is 382 g/mol. The summed E-state index contributed by atoms with van der Waals surface area (Å²) in [7, 11) is 0. The van der Waals surface area contributed by atoms with Gasteiger partial charge in [0, 0.05) is 10.2 Å². The lowest BCUT2D eigenvalue weighted by Crippen LogP contribution is -2.21. The average Bonchev–Trinajstić information content (AvgIpc) is 3.39. The van der Waals surface area contributed by atoms with Crippen molar-refractivity contribution in [3.63, 3.8) is 0 Å². The number of hydrogen-bond donors (Lipinski definition) is 2. The van der Waals surface area contributed by atoms with E-state index in [0.717, 1.165) is 10.0 Å². The van der Waals surface area contributed by atoms with Gasteiger partial charge in [0.05, 0.1) is 23.1 Å². The van der Waals surface area contributed by atoms with Crippen LogP contribution in [0.3, 0.4) is 0 Å². The van der Waals surface area contributed by atoms with E-state index in [1.165, 1.54) is 0 Å². The van der Waals surface area contributed by atoms with Gasteiger partial charge in [-0.1, -0.05) is 28.1 Å². The van der Waals surface area contributed by atoms with Gasteiger partial charge >= 0.3 is 0 Å². The summed E-state index contributed by atoms with van der Waals surface area (Å²) in [5.41, 5.74) is 2.62. The van der Waals surface area contributed by atoms with Crippen molar-refractivity contribution in [3.05, 3.63) is 58.1 Å². The van der Waals surface area contributed by atoms with Gasteiger partial charge < -0.3 is 10.6 Å². The molecule has 5 nitrogen and oxygen atoms in total. The van der Waals surface area contributed by atoms with Crippen LogP contribution < -0.4 is 10.6 Å². The molecule has 1 saturated carbocycles. The maximum atomic E-state index is 12.3. The van der Waals surface area contributed by atoms with E-state index in [2.05, 4.69) is 26.6 Å². The molecule has 0 radical (unpaired) electrons. The van der Waals surface area contributed by atoms with Crippen molar-refractivity contribution in [2.75, 3.05) is 10.6 Å². The van der Waals surface area contributed by atoms with Crippen molar-refractivity contribution in [3.8, 4) is 6.07 Å². The monoisotopic (exact) mass is 397 g/mol. The van der Waals surface area contributed by atoms with Crippen LogP contribution in [0.25, 0.3) is 0 Å². The van der Waals surface area contributed by atoms with Crippen LogP contribution in [0.5, 0.6) is 0 Å². The van der Waals surface area contributed by atoms with E-state index < -0.39 is 0 Å². The third-order valence-corrected chi connectivity index (χ3v) is 5.08. The van der Waals surface area contributed by atoms with E-state index in [4.69, 9.17) is 5.26 Å². The zero-order valence-electron chi connectivity index (χ0n) is 13.5. The van der Waals surface area contributed by atoms with Crippen LogP contribution in [0.2, 0.25) is 0 Å². The van der Waals surface area contributed by atoms with Crippen molar-refractivity contribution in [2.45, 2.75) is 13.3 Å². The number of para-hydroxylation sites is 1. The fourth-order valence-corrected chi connectivity index (χ4v) is 2.89. The molecule has 2 aromatic carbocycles. The fourth-order valence-electron chi connectivity index (χ4n) is 2.65. The minimum atomic E-state index is -0.358. The van der Waals surface area contributed by atoms with Gasteiger partial charge in [-0.25, -0.2) is 0 Å². The molecule has 0 heterocycles. The predicted octanol–water partition coefficient (Wildman–Crippen LogP) is 3.84. The Labute approximate surface area is 154 Å². The van der Waals surface area contributed by atoms with Gasteiger partial charge in [-0.05, 0) is 49.2 Å². The van der Waals surface area contributed by atoms with E-state index in [1.807, 2.05) is 31.2 Å². The molecule has 6 heteroatoms. The SMILES string of the molecule is Cc1cc(NC(=O)C2CC2C(=O)Nc2ccccc2C#N)ccc1Br. The van der Waals surface area contributed by atoms with Crippen molar-refractivity contribution in [1.29, 1.82) is 5.26 Å². The van der Waals surface area contributed by atoms with Gasteiger partial charge in [0.1, 0.15) is 6.07 Å². The first-order valence-corrected chi connectivity index (χ1v) is 8.66. The number of hydrogen-bond acceptors (Lipinski definition) is 3. The van der Waals surface area contributed by atoms with Crippen molar-refractivity contribution in [2.24, 2.45) is 11.8 Å². The van der Waals surface area contributed by atoms with E-state index in [9.17, 15) is 9.59 Å². The maximum absolute atomic E-state index is 12.3. The highest BCUT2D eigenvalue weighted by atomic mass is 79.9. The smallest absolute Gasteiger partial charge is 0.228 e. The molecule has 1 fully saturated rings. The Morgan fingerprint density at radius 2 is 1.80 bits per heavy atom. The van der Waals surface area contributed by atoms with Gasteiger partial charge in [0.25, 0.3) is 0 Å². The molecular formula is C19H16BrN3O2. The number of nitriles is 1. The zero-order chi connectivity index (χ0) is 18.0. The summed E-state index contributed by atoms with van der Waals surface area (Å²) >= 11 is 3.42. The Morgan fingerprint density at radius 1 is 1.12 bits per heavy atom.